The quantitative estimate of drug-likeness (QED) is 0.160. The van der Waals surface area contributed by atoms with Crippen LogP contribution >= 0.6 is 0 Å². The molecule has 1 aliphatic rings. The lowest BCUT2D eigenvalue weighted by Gasteiger charge is -2.39. The smallest absolute Gasteiger partial charge is 0.416 e. The third-order valence-electron chi connectivity index (χ3n) is 5.15. The average molecular weight is 501 g/mol. The molecule has 0 N–H and O–H groups in total. The minimum Gasteiger partial charge on any atom is -0.416 e. The molecule has 0 amide bonds. The summed E-state index contributed by atoms with van der Waals surface area (Å²) in [4.78, 5) is 0. The van der Waals surface area contributed by atoms with Crippen molar-refractivity contribution in [2.75, 3.05) is 47.3 Å². The molecule has 1 heterocycles. The minimum atomic E-state index is -2.87. The number of hydrogen-bond donors (Lipinski definition) is 0. The monoisotopic (exact) mass is 500 g/mol. The van der Waals surface area contributed by atoms with Crippen LogP contribution in [0.3, 0.4) is 0 Å². The lowest BCUT2D eigenvalue weighted by atomic mass is 10.5. The molecule has 1 aliphatic heterocycles. The fourth-order valence-electron chi connectivity index (χ4n) is 3.21. The van der Waals surface area contributed by atoms with Gasteiger partial charge in [0.25, 0.3) is 0 Å². The average Bonchev–Trinajstić information content (AvgIpc) is 3.48. The normalized spacial score (nSPS) is 21.3. The van der Waals surface area contributed by atoms with Crippen molar-refractivity contribution in [3.63, 3.8) is 0 Å². The molecule has 3 unspecified atom stereocenters. The van der Waals surface area contributed by atoms with E-state index in [-0.39, 0.29) is 6.10 Å². The molecule has 0 aromatic carbocycles. The van der Waals surface area contributed by atoms with Crippen LogP contribution in [0.1, 0.15) is 13.8 Å². The standard InChI is InChI=1S/C18H44O8Si4/c1-10-23-29(8,24-11-2)15-14-27(5,6)25-30(9,20-4)26-28(7,19-3)13-12-21-16-18-17-22-18/h18H,10-17H2,1-9H3. The van der Waals surface area contributed by atoms with Crippen LogP contribution in [0.25, 0.3) is 0 Å². The van der Waals surface area contributed by atoms with Crippen LogP contribution in [0, 0.1) is 0 Å². The van der Waals surface area contributed by atoms with Gasteiger partial charge in [0, 0.05) is 46.6 Å². The third-order valence-corrected chi connectivity index (χ3v) is 19.7. The maximum absolute atomic E-state index is 6.62. The van der Waals surface area contributed by atoms with Crippen molar-refractivity contribution in [2.45, 2.75) is 70.8 Å². The van der Waals surface area contributed by atoms with E-state index in [9.17, 15) is 0 Å². The van der Waals surface area contributed by atoms with E-state index in [1.807, 2.05) is 26.9 Å². The Balaban J connectivity index is 2.65. The van der Waals surface area contributed by atoms with Crippen molar-refractivity contribution in [2.24, 2.45) is 0 Å². The van der Waals surface area contributed by atoms with Gasteiger partial charge >= 0.3 is 25.9 Å². The molecule has 1 rings (SSSR count). The van der Waals surface area contributed by atoms with Crippen molar-refractivity contribution < 1.29 is 35.4 Å². The highest BCUT2D eigenvalue weighted by Crippen LogP contribution is 2.29. The van der Waals surface area contributed by atoms with Crippen LogP contribution in [0.2, 0.25) is 50.9 Å². The van der Waals surface area contributed by atoms with E-state index in [2.05, 4.69) is 19.6 Å². The van der Waals surface area contributed by atoms with Crippen molar-refractivity contribution in [3.8, 4) is 0 Å². The molecular weight excluding hydrogens is 457 g/mol. The van der Waals surface area contributed by atoms with Gasteiger partial charge in [-0.05, 0) is 52.1 Å². The molecule has 0 aliphatic carbocycles. The first-order valence-corrected chi connectivity index (χ1v) is 21.3. The van der Waals surface area contributed by atoms with Gasteiger partial charge in [-0.3, -0.25) is 0 Å². The van der Waals surface area contributed by atoms with Crippen LogP contribution in [0.5, 0.6) is 0 Å². The van der Waals surface area contributed by atoms with Gasteiger partial charge in [-0.2, -0.15) is 0 Å². The molecule has 8 nitrogen and oxygen atoms in total. The molecular formula is C18H44O8Si4. The summed E-state index contributed by atoms with van der Waals surface area (Å²) in [6.07, 6.45) is 0.262. The van der Waals surface area contributed by atoms with E-state index < -0.39 is 34.2 Å². The molecule has 30 heavy (non-hydrogen) atoms. The molecule has 0 saturated carbocycles. The van der Waals surface area contributed by atoms with Crippen molar-refractivity contribution in [1.82, 2.24) is 0 Å². The summed E-state index contributed by atoms with van der Waals surface area (Å²) < 4.78 is 47.6. The Hall–Kier alpha value is 0.548. The van der Waals surface area contributed by atoms with E-state index in [0.717, 1.165) is 18.7 Å². The molecule has 1 saturated heterocycles. The summed E-state index contributed by atoms with van der Waals surface area (Å²) in [5.74, 6) is 0. The van der Waals surface area contributed by atoms with E-state index in [1.54, 1.807) is 14.2 Å². The largest absolute Gasteiger partial charge is 0.478 e. The van der Waals surface area contributed by atoms with Gasteiger partial charge in [-0.25, -0.2) is 0 Å². The molecule has 1 fully saturated rings. The lowest BCUT2D eigenvalue weighted by Crippen LogP contribution is -2.58. The van der Waals surface area contributed by atoms with Crippen LogP contribution in [0.4, 0.5) is 0 Å². The van der Waals surface area contributed by atoms with Crippen LogP contribution in [-0.4, -0.2) is 87.6 Å². The Morgan fingerprint density at radius 2 is 1.40 bits per heavy atom. The van der Waals surface area contributed by atoms with Crippen molar-refractivity contribution in [1.29, 1.82) is 0 Å². The Labute approximate surface area is 187 Å². The van der Waals surface area contributed by atoms with Gasteiger partial charge in [0.15, 0.2) is 8.32 Å². The van der Waals surface area contributed by atoms with E-state index >= 15 is 0 Å². The lowest BCUT2D eigenvalue weighted by molar-refractivity contribution is 0.117. The van der Waals surface area contributed by atoms with Gasteiger partial charge < -0.3 is 35.4 Å². The van der Waals surface area contributed by atoms with Gasteiger partial charge in [0.1, 0.15) is 6.10 Å². The molecule has 3 atom stereocenters. The molecule has 180 valence electrons. The van der Waals surface area contributed by atoms with Crippen molar-refractivity contribution >= 4 is 34.2 Å². The van der Waals surface area contributed by atoms with Crippen LogP contribution in [0.15, 0.2) is 0 Å². The first kappa shape index (κ1) is 28.6. The van der Waals surface area contributed by atoms with E-state index in [4.69, 9.17) is 35.4 Å². The maximum atomic E-state index is 6.62. The van der Waals surface area contributed by atoms with E-state index in [1.165, 1.54) is 0 Å². The van der Waals surface area contributed by atoms with Gasteiger partial charge in [0.2, 0.25) is 0 Å². The zero-order valence-electron chi connectivity index (χ0n) is 20.5. The summed E-state index contributed by atoms with van der Waals surface area (Å²) in [6, 6.07) is 2.55. The highest BCUT2D eigenvalue weighted by Gasteiger charge is 2.48. The number of epoxide rings is 1. The molecule has 0 aromatic rings. The molecule has 0 spiro atoms. The SMILES string of the molecule is CCO[Si](C)(CC[Si](C)(C)O[Si](C)(OC)O[Si](C)(CCOCC1CO1)OC)OCC. The minimum absolute atomic E-state index is 0.262. The second kappa shape index (κ2) is 12.7. The highest BCUT2D eigenvalue weighted by atomic mass is 28.5. The fraction of sp³-hybridized carbons (Fsp3) is 1.00. The number of ether oxygens (including phenoxy) is 2. The van der Waals surface area contributed by atoms with Crippen molar-refractivity contribution in [3.05, 3.63) is 0 Å². The second-order valence-electron chi connectivity index (χ2n) is 8.65. The zero-order valence-corrected chi connectivity index (χ0v) is 24.5. The number of hydrogen-bond acceptors (Lipinski definition) is 8. The topological polar surface area (TPSA) is 77.1 Å². The van der Waals surface area contributed by atoms with Gasteiger partial charge in [0.05, 0.1) is 13.2 Å². The fourth-order valence-corrected chi connectivity index (χ4v) is 19.3. The Morgan fingerprint density at radius 3 is 1.87 bits per heavy atom. The predicted molar refractivity (Wildman–Crippen MR) is 127 cm³/mol. The molecule has 0 bridgehead atoms. The predicted octanol–water partition coefficient (Wildman–Crippen LogP) is 3.72. The summed E-state index contributed by atoms with van der Waals surface area (Å²) in [7, 11) is -6.25. The Kier molecular flexibility index (Phi) is 12.1. The first-order valence-electron chi connectivity index (χ1n) is 10.9. The summed E-state index contributed by atoms with van der Waals surface area (Å²) in [5, 5.41) is 0. The van der Waals surface area contributed by atoms with Gasteiger partial charge in [-0.15, -0.1) is 0 Å². The van der Waals surface area contributed by atoms with E-state index in [0.29, 0.717) is 32.5 Å². The Morgan fingerprint density at radius 1 is 0.800 bits per heavy atom. The maximum Gasteiger partial charge on any atom is 0.478 e. The third kappa shape index (κ3) is 10.9. The Bertz CT molecular complexity index is 491. The molecule has 12 heteroatoms. The zero-order chi connectivity index (χ0) is 22.9. The summed E-state index contributed by atoms with van der Waals surface area (Å²) in [6.45, 7) is 17.9. The summed E-state index contributed by atoms with van der Waals surface area (Å²) >= 11 is 0. The summed E-state index contributed by atoms with van der Waals surface area (Å²) in [5.41, 5.74) is 0. The second-order valence-corrected chi connectivity index (χ2v) is 23.0. The molecule has 0 radical (unpaired) electrons. The van der Waals surface area contributed by atoms with Crippen LogP contribution < -0.4 is 0 Å². The first-order chi connectivity index (χ1) is 13.9. The van der Waals surface area contributed by atoms with Crippen LogP contribution in [-0.2, 0) is 35.4 Å². The number of rotatable bonds is 18. The highest BCUT2D eigenvalue weighted by molar-refractivity contribution is 6.85. The molecule has 0 aromatic heterocycles. The van der Waals surface area contributed by atoms with Gasteiger partial charge in [-0.1, -0.05) is 0 Å².